The zero-order valence-corrected chi connectivity index (χ0v) is 11.9. The molecule has 3 nitrogen and oxygen atoms in total. The molecule has 1 aliphatic rings. The first-order valence-corrected chi connectivity index (χ1v) is 7.20. The fourth-order valence-corrected chi connectivity index (χ4v) is 2.35. The summed E-state index contributed by atoms with van der Waals surface area (Å²) >= 11 is 3.37. The normalized spacial score (nSPS) is 19.5. The third kappa shape index (κ3) is 4.42. The SMILES string of the molecule is O=C(CCC1CCCCO1)Nc1ccc(Br)cc1. The van der Waals surface area contributed by atoms with Crippen molar-refractivity contribution < 1.29 is 9.53 Å². The topological polar surface area (TPSA) is 38.3 Å². The van der Waals surface area contributed by atoms with E-state index < -0.39 is 0 Å². The van der Waals surface area contributed by atoms with Crippen molar-refractivity contribution in [1.82, 2.24) is 0 Å². The van der Waals surface area contributed by atoms with Crippen LogP contribution in [0.1, 0.15) is 32.1 Å². The van der Waals surface area contributed by atoms with Crippen molar-refractivity contribution in [1.29, 1.82) is 0 Å². The van der Waals surface area contributed by atoms with E-state index in [1.54, 1.807) is 0 Å². The van der Waals surface area contributed by atoms with Crippen LogP contribution < -0.4 is 5.32 Å². The van der Waals surface area contributed by atoms with Gasteiger partial charge in [0.05, 0.1) is 6.10 Å². The smallest absolute Gasteiger partial charge is 0.224 e. The lowest BCUT2D eigenvalue weighted by Crippen LogP contribution is -2.21. The number of rotatable bonds is 4. The maximum absolute atomic E-state index is 11.8. The van der Waals surface area contributed by atoms with Crippen LogP contribution in [0.2, 0.25) is 0 Å². The Morgan fingerprint density at radius 1 is 1.33 bits per heavy atom. The number of nitrogens with one attached hydrogen (secondary N) is 1. The van der Waals surface area contributed by atoms with E-state index in [4.69, 9.17) is 4.74 Å². The summed E-state index contributed by atoms with van der Waals surface area (Å²) in [6, 6.07) is 7.61. The van der Waals surface area contributed by atoms with Crippen molar-refractivity contribution in [2.45, 2.75) is 38.2 Å². The minimum atomic E-state index is 0.0616. The van der Waals surface area contributed by atoms with Crippen molar-refractivity contribution in [3.63, 3.8) is 0 Å². The molecule has 1 aromatic rings. The Morgan fingerprint density at radius 3 is 2.78 bits per heavy atom. The van der Waals surface area contributed by atoms with Crippen LogP contribution in [0, 0.1) is 0 Å². The lowest BCUT2D eigenvalue weighted by atomic mass is 10.0. The summed E-state index contributed by atoms with van der Waals surface area (Å²) in [6.07, 6.45) is 5.09. The van der Waals surface area contributed by atoms with Crippen molar-refractivity contribution in [3.05, 3.63) is 28.7 Å². The van der Waals surface area contributed by atoms with Gasteiger partial charge in [-0.25, -0.2) is 0 Å². The summed E-state index contributed by atoms with van der Waals surface area (Å²) in [6.45, 7) is 0.846. The molecule has 18 heavy (non-hydrogen) atoms. The van der Waals surface area contributed by atoms with Crippen LogP contribution in [0.5, 0.6) is 0 Å². The second-order valence-electron chi connectivity index (χ2n) is 4.58. The summed E-state index contributed by atoms with van der Waals surface area (Å²) in [5.41, 5.74) is 0.841. The molecule has 0 bridgehead atoms. The monoisotopic (exact) mass is 311 g/mol. The van der Waals surface area contributed by atoms with Gasteiger partial charge in [-0.15, -0.1) is 0 Å². The van der Waals surface area contributed by atoms with E-state index in [0.29, 0.717) is 6.42 Å². The zero-order valence-electron chi connectivity index (χ0n) is 10.3. The van der Waals surface area contributed by atoms with E-state index in [1.165, 1.54) is 6.42 Å². The number of anilines is 1. The van der Waals surface area contributed by atoms with E-state index in [1.807, 2.05) is 24.3 Å². The molecular formula is C14H18BrNO2. The molecular weight excluding hydrogens is 294 g/mol. The Balaban J connectivity index is 1.73. The van der Waals surface area contributed by atoms with Gasteiger partial charge in [-0.1, -0.05) is 15.9 Å². The van der Waals surface area contributed by atoms with Gasteiger partial charge in [0.15, 0.2) is 0 Å². The summed E-state index contributed by atoms with van der Waals surface area (Å²) in [5, 5.41) is 2.89. The van der Waals surface area contributed by atoms with E-state index in [-0.39, 0.29) is 12.0 Å². The quantitative estimate of drug-likeness (QED) is 0.920. The van der Waals surface area contributed by atoms with E-state index in [0.717, 1.165) is 36.0 Å². The van der Waals surface area contributed by atoms with Crippen molar-refractivity contribution in [2.75, 3.05) is 11.9 Å². The third-order valence-corrected chi connectivity index (χ3v) is 3.62. The van der Waals surface area contributed by atoms with Gasteiger partial charge < -0.3 is 10.1 Å². The Bertz CT molecular complexity index is 385. The Hall–Kier alpha value is -0.870. The molecule has 1 fully saturated rings. The molecule has 2 rings (SSSR count). The van der Waals surface area contributed by atoms with Crippen molar-refractivity contribution >= 4 is 27.5 Å². The second kappa shape index (κ2) is 6.90. The van der Waals surface area contributed by atoms with Gasteiger partial charge >= 0.3 is 0 Å². The maximum Gasteiger partial charge on any atom is 0.224 e. The van der Waals surface area contributed by atoms with Crippen LogP contribution >= 0.6 is 15.9 Å². The van der Waals surface area contributed by atoms with Gasteiger partial charge in [0.1, 0.15) is 0 Å². The summed E-state index contributed by atoms with van der Waals surface area (Å²) in [5.74, 6) is 0.0616. The highest BCUT2D eigenvalue weighted by atomic mass is 79.9. The first kappa shape index (κ1) is 13.6. The minimum absolute atomic E-state index is 0.0616. The Kier molecular flexibility index (Phi) is 5.20. The molecule has 1 aromatic carbocycles. The van der Waals surface area contributed by atoms with Crippen LogP contribution in [-0.2, 0) is 9.53 Å². The second-order valence-corrected chi connectivity index (χ2v) is 5.50. The maximum atomic E-state index is 11.8. The van der Waals surface area contributed by atoms with Crippen LogP contribution in [0.4, 0.5) is 5.69 Å². The number of carbonyl (C=O) groups excluding carboxylic acids is 1. The standard InChI is InChI=1S/C14H18BrNO2/c15-11-4-6-12(7-5-11)16-14(17)9-8-13-3-1-2-10-18-13/h4-7,13H,1-3,8-10H2,(H,16,17). The highest BCUT2D eigenvalue weighted by Crippen LogP contribution is 2.18. The molecule has 1 aliphatic heterocycles. The summed E-state index contributed by atoms with van der Waals surface area (Å²) in [7, 11) is 0. The predicted octanol–water partition coefficient (Wildman–Crippen LogP) is 3.74. The van der Waals surface area contributed by atoms with Gasteiger partial charge in [-0.05, 0) is 49.9 Å². The van der Waals surface area contributed by atoms with Gasteiger partial charge in [0.25, 0.3) is 0 Å². The van der Waals surface area contributed by atoms with Crippen LogP contribution in [-0.4, -0.2) is 18.6 Å². The lowest BCUT2D eigenvalue weighted by Gasteiger charge is -2.22. The van der Waals surface area contributed by atoms with Crippen molar-refractivity contribution in [3.8, 4) is 0 Å². The van der Waals surface area contributed by atoms with Gasteiger partial charge in [0, 0.05) is 23.2 Å². The van der Waals surface area contributed by atoms with Crippen LogP contribution in [0.25, 0.3) is 0 Å². The molecule has 0 aliphatic carbocycles. The first-order chi connectivity index (χ1) is 8.74. The number of hydrogen-bond acceptors (Lipinski definition) is 2. The molecule has 0 spiro atoms. The minimum Gasteiger partial charge on any atom is -0.378 e. The molecule has 1 saturated heterocycles. The molecule has 0 aromatic heterocycles. The number of ether oxygens (including phenoxy) is 1. The average Bonchev–Trinajstić information content (AvgIpc) is 2.40. The van der Waals surface area contributed by atoms with E-state index in [2.05, 4.69) is 21.2 Å². The zero-order chi connectivity index (χ0) is 12.8. The predicted molar refractivity (Wildman–Crippen MR) is 75.6 cm³/mol. The number of halogens is 1. The lowest BCUT2D eigenvalue weighted by molar-refractivity contribution is -0.117. The first-order valence-electron chi connectivity index (χ1n) is 6.41. The molecule has 1 atom stereocenters. The number of hydrogen-bond donors (Lipinski definition) is 1. The Morgan fingerprint density at radius 2 is 2.11 bits per heavy atom. The summed E-state index contributed by atoms with van der Waals surface area (Å²) < 4.78 is 6.62. The fraction of sp³-hybridized carbons (Fsp3) is 0.500. The number of amides is 1. The van der Waals surface area contributed by atoms with Crippen LogP contribution in [0.15, 0.2) is 28.7 Å². The molecule has 4 heteroatoms. The number of benzene rings is 1. The van der Waals surface area contributed by atoms with Gasteiger partial charge in [-0.3, -0.25) is 4.79 Å². The summed E-state index contributed by atoms with van der Waals surface area (Å²) in [4.78, 5) is 11.8. The van der Waals surface area contributed by atoms with E-state index >= 15 is 0 Å². The van der Waals surface area contributed by atoms with Crippen LogP contribution in [0.3, 0.4) is 0 Å². The molecule has 1 heterocycles. The highest BCUT2D eigenvalue weighted by Gasteiger charge is 2.15. The Labute approximate surface area is 116 Å². The van der Waals surface area contributed by atoms with E-state index in [9.17, 15) is 4.79 Å². The molecule has 0 saturated carbocycles. The molecule has 1 amide bonds. The average molecular weight is 312 g/mol. The molecule has 98 valence electrons. The van der Waals surface area contributed by atoms with Gasteiger partial charge in [-0.2, -0.15) is 0 Å². The molecule has 1 N–H and O–H groups in total. The highest BCUT2D eigenvalue weighted by molar-refractivity contribution is 9.10. The third-order valence-electron chi connectivity index (χ3n) is 3.10. The molecule has 1 unspecified atom stereocenters. The number of carbonyl (C=O) groups is 1. The fourth-order valence-electron chi connectivity index (χ4n) is 2.08. The van der Waals surface area contributed by atoms with Crippen molar-refractivity contribution in [2.24, 2.45) is 0 Å². The molecule has 0 radical (unpaired) electrons. The van der Waals surface area contributed by atoms with Gasteiger partial charge in [0.2, 0.25) is 5.91 Å². The largest absolute Gasteiger partial charge is 0.378 e.